The number of aliphatic hydroxyl groups excluding tert-OH is 1. The van der Waals surface area contributed by atoms with E-state index in [1.165, 1.54) is 14.2 Å². The van der Waals surface area contributed by atoms with Crippen molar-refractivity contribution in [1.82, 2.24) is 10.6 Å². The van der Waals surface area contributed by atoms with Crippen LogP contribution in [0.2, 0.25) is 0 Å². The molecule has 11 heteroatoms. The molecule has 42 heavy (non-hydrogen) atoms. The third-order valence-electron chi connectivity index (χ3n) is 7.54. The molecule has 1 aliphatic carbocycles. The SMILES string of the molecule is C=CCNC1=C2C[C@@H](C)C[C@@H](OC)[C@@H](O)[C@H](C)/C=C(/C)[C@H](OC(N)=O)[C@H](OC)CC/C=C(/C)C(=O)NC(=CC1=O)C2=O. The van der Waals surface area contributed by atoms with Crippen molar-refractivity contribution >= 4 is 23.6 Å². The molecule has 0 aromatic carbocycles. The first-order valence-corrected chi connectivity index (χ1v) is 14.1. The molecule has 6 atom stereocenters. The molecule has 0 aromatic heterocycles. The average molecular weight is 588 g/mol. The van der Waals surface area contributed by atoms with Crippen LogP contribution < -0.4 is 16.4 Å². The highest BCUT2D eigenvalue weighted by Crippen LogP contribution is 2.29. The number of hydrogen-bond acceptors (Lipinski definition) is 9. The van der Waals surface area contributed by atoms with Crippen molar-refractivity contribution in [3.63, 3.8) is 0 Å². The van der Waals surface area contributed by atoms with E-state index in [9.17, 15) is 24.3 Å². The van der Waals surface area contributed by atoms with E-state index < -0.39 is 53.9 Å². The van der Waals surface area contributed by atoms with Gasteiger partial charge in [0.15, 0.2) is 6.10 Å². The van der Waals surface area contributed by atoms with E-state index in [-0.39, 0.29) is 35.9 Å². The number of primary amides is 1. The van der Waals surface area contributed by atoms with E-state index in [4.69, 9.17) is 19.9 Å². The highest BCUT2D eigenvalue weighted by molar-refractivity contribution is 6.23. The number of fused-ring (bicyclic) bond motifs is 2. The third kappa shape index (κ3) is 9.23. The van der Waals surface area contributed by atoms with Crippen LogP contribution in [0.15, 0.2) is 59.0 Å². The summed E-state index contributed by atoms with van der Waals surface area (Å²) in [7, 11) is 2.98. The Kier molecular flexibility index (Phi) is 13.4. The van der Waals surface area contributed by atoms with E-state index in [0.29, 0.717) is 30.4 Å². The van der Waals surface area contributed by atoms with Crippen LogP contribution in [0.25, 0.3) is 0 Å². The second-order valence-electron chi connectivity index (χ2n) is 10.9. The second kappa shape index (κ2) is 16.2. The van der Waals surface area contributed by atoms with Crippen LogP contribution in [-0.2, 0) is 28.6 Å². The second-order valence-corrected chi connectivity index (χ2v) is 10.9. The zero-order valence-corrected chi connectivity index (χ0v) is 25.4. The molecule has 0 fully saturated rings. The van der Waals surface area contributed by atoms with Crippen LogP contribution in [0.4, 0.5) is 4.79 Å². The smallest absolute Gasteiger partial charge is 0.405 e. The number of nitrogens with one attached hydrogen (secondary N) is 2. The molecule has 2 bridgehead atoms. The molecule has 5 N–H and O–H groups in total. The number of amides is 2. The van der Waals surface area contributed by atoms with Gasteiger partial charge in [-0.15, -0.1) is 6.58 Å². The number of carbonyl (C=O) groups excluding carboxylic acids is 4. The Morgan fingerprint density at radius 3 is 2.45 bits per heavy atom. The van der Waals surface area contributed by atoms with Crippen LogP contribution in [-0.4, -0.2) is 73.9 Å². The average Bonchev–Trinajstić information content (AvgIpc) is 2.94. The molecule has 232 valence electrons. The Balaban J connectivity index is 2.57. The molecule has 2 rings (SSSR count). The molecular weight excluding hydrogens is 542 g/mol. The molecular formula is C31H45N3O8. The summed E-state index contributed by atoms with van der Waals surface area (Å²) in [5, 5.41) is 16.8. The number of aliphatic hydroxyl groups is 1. The predicted molar refractivity (Wildman–Crippen MR) is 158 cm³/mol. The summed E-state index contributed by atoms with van der Waals surface area (Å²) in [5.41, 5.74) is 6.63. The van der Waals surface area contributed by atoms with Gasteiger partial charge in [0.1, 0.15) is 0 Å². The van der Waals surface area contributed by atoms with Gasteiger partial charge in [-0.2, -0.15) is 0 Å². The minimum Gasteiger partial charge on any atom is -0.439 e. The van der Waals surface area contributed by atoms with Crippen molar-refractivity contribution in [2.24, 2.45) is 17.6 Å². The van der Waals surface area contributed by atoms with Crippen LogP contribution in [0.3, 0.4) is 0 Å². The van der Waals surface area contributed by atoms with Crippen molar-refractivity contribution in [3.8, 4) is 0 Å². The minimum absolute atomic E-state index is 0.108. The van der Waals surface area contributed by atoms with E-state index >= 15 is 0 Å². The number of carbonyl (C=O) groups is 4. The summed E-state index contributed by atoms with van der Waals surface area (Å²) in [6.45, 7) is 11.0. The van der Waals surface area contributed by atoms with Gasteiger partial charge in [0.25, 0.3) is 5.91 Å². The van der Waals surface area contributed by atoms with Crippen LogP contribution in [0, 0.1) is 11.8 Å². The van der Waals surface area contributed by atoms with Gasteiger partial charge in [0.05, 0.1) is 29.7 Å². The van der Waals surface area contributed by atoms with Crippen molar-refractivity contribution < 1.29 is 38.5 Å². The number of methoxy groups -OCH3 is 2. The number of Topliss-reactive ketones (excluding diaryl/α,β-unsaturated/α-hetero) is 1. The van der Waals surface area contributed by atoms with Crippen molar-refractivity contribution in [1.29, 1.82) is 0 Å². The van der Waals surface area contributed by atoms with Crippen LogP contribution in [0.5, 0.6) is 0 Å². The molecule has 0 spiro atoms. The Bertz CT molecular complexity index is 1170. The monoisotopic (exact) mass is 587 g/mol. The normalized spacial score (nSPS) is 31.2. The summed E-state index contributed by atoms with van der Waals surface area (Å²) < 4.78 is 16.7. The van der Waals surface area contributed by atoms with Gasteiger partial charge >= 0.3 is 6.09 Å². The first-order valence-electron chi connectivity index (χ1n) is 14.1. The van der Waals surface area contributed by atoms with E-state index in [1.807, 2.05) is 13.8 Å². The fraction of sp³-hybridized carbons (Fsp3) is 0.548. The van der Waals surface area contributed by atoms with Gasteiger partial charge in [-0.1, -0.05) is 32.1 Å². The van der Waals surface area contributed by atoms with Gasteiger partial charge in [0, 0.05) is 43.9 Å². The first-order chi connectivity index (χ1) is 19.8. The summed E-state index contributed by atoms with van der Waals surface area (Å²) in [6, 6.07) is 0. The Morgan fingerprint density at radius 1 is 1.19 bits per heavy atom. The van der Waals surface area contributed by atoms with Crippen LogP contribution in [0.1, 0.15) is 53.4 Å². The summed E-state index contributed by atoms with van der Waals surface area (Å²) in [5.74, 6) is -2.03. The molecule has 0 saturated carbocycles. The topological polar surface area (TPSA) is 166 Å². The standard InChI is InChI=1S/C31H45N3O8/c1-8-12-33-26-21-13-17(2)14-25(41-7)27(36)19(4)15-20(5)29(42-31(32)39)24(40-6)11-9-10-18(3)30(38)34-22(28(21)37)16-23(26)35/h8,10,15-17,19,24-25,27,29,33,36H,1,9,11-14H2,2-7H3,(H2,32,39)(H,34,38)/b18-10-,20-15-/t17-,19-,24-,25-,27+,29+/m1/s1. The number of ketones is 2. The van der Waals surface area contributed by atoms with Gasteiger partial charge in [0.2, 0.25) is 11.6 Å². The largest absolute Gasteiger partial charge is 0.439 e. The zero-order valence-electron chi connectivity index (χ0n) is 25.4. The molecule has 1 aliphatic heterocycles. The molecule has 1 heterocycles. The maximum Gasteiger partial charge on any atom is 0.405 e. The first kappa shape index (κ1) is 34.7. The molecule has 2 aliphatic rings. The number of nitrogens with two attached hydrogens (primary N) is 1. The van der Waals surface area contributed by atoms with Gasteiger partial charge < -0.3 is 35.7 Å². The maximum absolute atomic E-state index is 13.6. The fourth-order valence-electron chi connectivity index (χ4n) is 5.26. The zero-order chi connectivity index (χ0) is 31.6. The lowest BCUT2D eigenvalue weighted by molar-refractivity contribution is -0.120. The number of ether oxygens (including phenoxy) is 3. The van der Waals surface area contributed by atoms with Crippen molar-refractivity contribution in [2.45, 2.75) is 77.8 Å². The predicted octanol–water partition coefficient (Wildman–Crippen LogP) is 2.76. The van der Waals surface area contributed by atoms with Crippen LogP contribution >= 0.6 is 0 Å². The molecule has 0 unspecified atom stereocenters. The fourth-order valence-corrected chi connectivity index (χ4v) is 5.26. The Morgan fingerprint density at radius 2 is 1.86 bits per heavy atom. The lowest BCUT2D eigenvalue weighted by Crippen LogP contribution is -2.38. The highest BCUT2D eigenvalue weighted by atomic mass is 16.6. The Hall–Kier alpha value is -3.54. The quantitative estimate of drug-likeness (QED) is 0.270. The molecule has 11 nitrogen and oxygen atoms in total. The minimum atomic E-state index is -0.967. The molecule has 2 amide bonds. The lowest BCUT2D eigenvalue weighted by Gasteiger charge is -2.30. The summed E-state index contributed by atoms with van der Waals surface area (Å²) in [6.07, 6.45) is 3.53. The number of hydrogen-bond donors (Lipinski definition) is 4. The lowest BCUT2D eigenvalue weighted by atomic mass is 9.85. The highest BCUT2D eigenvalue weighted by Gasteiger charge is 2.33. The van der Waals surface area contributed by atoms with Gasteiger partial charge in [-0.3, -0.25) is 14.4 Å². The van der Waals surface area contributed by atoms with Gasteiger partial charge in [-0.25, -0.2) is 4.79 Å². The third-order valence-corrected chi connectivity index (χ3v) is 7.54. The molecule has 0 aromatic rings. The van der Waals surface area contributed by atoms with E-state index in [0.717, 1.165) is 6.08 Å². The summed E-state index contributed by atoms with van der Waals surface area (Å²) in [4.78, 5) is 51.4. The summed E-state index contributed by atoms with van der Waals surface area (Å²) >= 11 is 0. The van der Waals surface area contributed by atoms with Crippen molar-refractivity contribution in [3.05, 3.63) is 59.0 Å². The number of rotatable bonds is 6. The molecule has 0 saturated heterocycles. The maximum atomic E-state index is 13.6. The van der Waals surface area contributed by atoms with E-state index in [2.05, 4.69) is 17.2 Å². The van der Waals surface area contributed by atoms with Crippen molar-refractivity contribution in [2.75, 3.05) is 20.8 Å². The number of allylic oxidation sites excluding steroid dienone is 3. The van der Waals surface area contributed by atoms with Gasteiger partial charge in [-0.05, 0) is 51.0 Å². The molecule has 0 radical (unpaired) electrons. The van der Waals surface area contributed by atoms with E-state index in [1.54, 1.807) is 32.1 Å². The Labute approximate surface area is 247 Å².